The maximum absolute atomic E-state index is 12.5. The molecule has 2 amide bonds. The van der Waals surface area contributed by atoms with E-state index < -0.39 is 5.97 Å². The van der Waals surface area contributed by atoms with Crippen molar-refractivity contribution in [1.82, 2.24) is 4.90 Å². The third-order valence-corrected chi connectivity index (χ3v) is 4.57. The number of para-hydroxylation sites is 1. The Hall–Kier alpha value is -3.15. The highest BCUT2D eigenvalue weighted by atomic mass is 16.4. The molecular weight excluding hydrogens is 332 g/mol. The van der Waals surface area contributed by atoms with Gasteiger partial charge in [0.15, 0.2) is 0 Å². The summed E-state index contributed by atoms with van der Waals surface area (Å²) >= 11 is 0. The Balaban J connectivity index is 1.55. The summed E-state index contributed by atoms with van der Waals surface area (Å²) in [5, 5.41) is 11.8. The van der Waals surface area contributed by atoms with Crippen molar-refractivity contribution in [1.29, 1.82) is 0 Å². The van der Waals surface area contributed by atoms with Crippen LogP contribution in [0.1, 0.15) is 33.6 Å². The van der Waals surface area contributed by atoms with E-state index in [9.17, 15) is 14.4 Å². The van der Waals surface area contributed by atoms with E-state index in [2.05, 4.69) is 5.32 Å². The van der Waals surface area contributed by atoms with Gasteiger partial charge in [-0.3, -0.25) is 9.59 Å². The molecule has 0 radical (unpaired) electrons. The smallest absolute Gasteiger partial charge is 0.335 e. The zero-order chi connectivity index (χ0) is 18.5. The van der Waals surface area contributed by atoms with E-state index in [0.717, 1.165) is 5.69 Å². The van der Waals surface area contributed by atoms with E-state index in [0.29, 0.717) is 31.5 Å². The van der Waals surface area contributed by atoms with Gasteiger partial charge in [0.05, 0.1) is 5.56 Å². The Labute approximate surface area is 151 Å². The predicted octanol–water partition coefficient (Wildman–Crippen LogP) is 2.88. The minimum atomic E-state index is -1.02. The first kappa shape index (κ1) is 17.7. The van der Waals surface area contributed by atoms with Crippen LogP contribution in [0.4, 0.5) is 5.69 Å². The van der Waals surface area contributed by atoms with Crippen molar-refractivity contribution < 1.29 is 19.5 Å². The number of nitrogens with zero attached hydrogens (tertiary/aromatic N) is 1. The second-order valence-electron chi connectivity index (χ2n) is 6.30. The number of carboxylic acids is 1. The molecule has 134 valence electrons. The van der Waals surface area contributed by atoms with Crippen LogP contribution < -0.4 is 5.32 Å². The number of aromatic carboxylic acids is 1. The van der Waals surface area contributed by atoms with Gasteiger partial charge in [-0.25, -0.2) is 4.79 Å². The largest absolute Gasteiger partial charge is 0.478 e. The lowest BCUT2D eigenvalue weighted by molar-refractivity contribution is -0.121. The number of rotatable bonds is 4. The van der Waals surface area contributed by atoms with E-state index in [-0.39, 0.29) is 23.3 Å². The molecule has 6 heteroatoms. The van der Waals surface area contributed by atoms with Crippen LogP contribution in [0.3, 0.4) is 0 Å². The highest BCUT2D eigenvalue weighted by Crippen LogP contribution is 2.21. The van der Waals surface area contributed by atoms with Crippen LogP contribution in [0.15, 0.2) is 54.6 Å². The number of piperidine rings is 1. The number of likely N-dealkylation sites (tertiary alicyclic amines) is 1. The molecule has 6 nitrogen and oxygen atoms in total. The van der Waals surface area contributed by atoms with E-state index in [1.165, 1.54) is 24.3 Å². The maximum Gasteiger partial charge on any atom is 0.335 e. The summed E-state index contributed by atoms with van der Waals surface area (Å²) in [5.74, 6) is -1.29. The first-order valence-electron chi connectivity index (χ1n) is 8.53. The molecule has 0 unspecified atom stereocenters. The minimum Gasteiger partial charge on any atom is -0.478 e. The van der Waals surface area contributed by atoms with Gasteiger partial charge in [-0.05, 0) is 49.2 Å². The molecule has 0 aliphatic carbocycles. The SMILES string of the molecule is O=C(O)c1ccc(C(=O)N2CCC(C(=O)Nc3ccccc3)CC2)cc1. The zero-order valence-electron chi connectivity index (χ0n) is 14.2. The Morgan fingerprint density at radius 1 is 0.885 bits per heavy atom. The highest BCUT2D eigenvalue weighted by Gasteiger charge is 2.27. The van der Waals surface area contributed by atoms with E-state index in [4.69, 9.17) is 5.11 Å². The molecule has 1 fully saturated rings. The van der Waals surface area contributed by atoms with Crippen molar-refractivity contribution in [3.8, 4) is 0 Å². The Morgan fingerprint density at radius 2 is 1.46 bits per heavy atom. The van der Waals surface area contributed by atoms with Gasteiger partial charge in [0.1, 0.15) is 0 Å². The average Bonchev–Trinajstić information content (AvgIpc) is 2.68. The normalized spacial score (nSPS) is 14.7. The van der Waals surface area contributed by atoms with Gasteiger partial charge in [0.25, 0.3) is 5.91 Å². The highest BCUT2D eigenvalue weighted by molar-refractivity contribution is 5.96. The molecule has 0 aromatic heterocycles. The quantitative estimate of drug-likeness (QED) is 0.886. The number of benzene rings is 2. The number of hydrogen-bond acceptors (Lipinski definition) is 3. The topological polar surface area (TPSA) is 86.7 Å². The van der Waals surface area contributed by atoms with Crippen molar-refractivity contribution in [2.24, 2.45) is 5.92 Å². The van der Waals surface area contributed by atoms with Crippen molar-refractivity contribution in [2.45, 2.75) is 12.8 Å². The van der Waals surface area contributed by atoms with E-state index >= 15 is 0 Å². The molecule has 3 rings (SSSR count). The van der Waals surface area contributed by atoms with E-state index in [1.54, 1.807) is 4.90 Å². The fraction of sp³-hybridized carbons (Fsp3) is 0.250. The molecule has 1 saturated heterocycles. The molecular formula is C20H20N2O4. The fourth-order valence-corrected chi connectivity index (χ4v) is 3.05. The van der Waals surface area contributed by atoms with Gasteiger partial charge in [0.2, 0.25) is 5.91 Å². The van der Waals surface area contributed by atoms with Crippen LogP contribution in [0.2, 0.25) is 0 Å². The molecule has 1 heterocycles. The minimum absolute atomic E-state index is 0.0193. The Morgan fingerprint density at radius 3 is 2.04 bits per heavy atom. The molecule has 1 aliphatic rings. The number of carbonyl (C=O) groups is 3. The number of anilines is 1. The molecule has 1 aliphatic heterocycles. The monoisotopic (exact) mass is 352 g/mol. The third-order valence-electron chi connectivity index (χ3n) is 4.57. The number of carbonyl (C=O) groups excluding carboxylic acids is 2. The first-order valence-corrected chi connectivity index (χ1v) is 8.53. The van der Waals surface area contributed by atoms with Crippen LogP contribution >= 0.6 is 0 Å². The summed E-state index contributed by atoms with van der Waals surface area (Å²) in [5.41, 5.74) is 1.38. The summed E-state index contributed by atoms with van der Waals surface area (Å²) in [4.78, 5) is 37.5. The van der Waals surface area contributed by atoms with Crippen LogP contribution in [0.25, 0.3) is 0 Å². The van der Waals surface area contributed by atoms with Gasteiger partial charge in [-0.15, -0.1) is 0 Å². The van der Waals surface area contributed by atoms with Crippen molar-refractivity contribution in [3.05, 3.63) is 65.7 Å². The second kappa shape index (κ2) is 7.82. The van der Waals surface area contributed by atoms with Crippen LogP contribution in [0.5, 0.6) is 0 Å². The maximum atomic E-state index is 12.5. The summed E-state index contributed by atoms with van der Waals surface area (Å²) in [7, 11) is 0. The molecule has 2 aromatic carbocycles. The van der Waals surface area contributed by atoms with Gasteiger partial charge in [-0.1, -0.05) is 18.2 Å². The zero-order valence-corrected chi connectivity index (χ0v) is 14.2. The van der Waals surface area contributed by atoms with Gasteiger partial charge in [-0.2, -0.15) is 0 Å². The number of nitrogens with one attached hydrogen (secondary N) is 1. The van der Waals surface area contributed by atoms with Gasteiger partial charge < -0.3 is 15.3 Å². The predicted molar refractivity (Wildman–Crippen MR) is 97.1 cm³/mol. The molecule has 0 saturated carbocycles. The Bertz CT molecular complexity index is 794. The van der Waals surface area contributed by atoms with Crippen molar-refractivity contribution in [2.75, 3.05) is 18.4 Å². The lowest BCUT2D eigenvalue weighted by Gasteiger charge is -2.31. The number of hydrogen-bond donors (Lipinski definition) is 2. The standard InChI is InChI=1S/C20H20N2O4/c23-18(21-17-4-2-1-3-5-17)14-10-12-22(13-11-14)19(24)15-6-8-16(9-7-15)20(25)26/h1-9,14H,10-13H2,(H,21,23)(H,25,26). The number of amides is 2. The summed E-state index contributed by atoms with van der Waals surface area (Å²) < 4.78 is 0. The van der Waals surface area contributed by atoms with Gasteiger partial charge in [0, 0.05) is 30.3 Å². The van der Waals surface area contributed by atoms with Crippen LogP contribution in [0, 0.1) is 5.92 Å². The van der Waals surface area contributed by atoms with Crippen LogP contribution in [-0.2, 0) is 4.79 Å². The lowest BCUT2D eigenvalue weighted by atomic mass is 9.95. The van der Waals surface area contributed by atoms with Crippen molar-refractivity contribution >= 4 is 23.5 Å². The summed E-state index contributed by atoms with van der Waals surface area (Å²) in [6, 6.07) is 15.2. The molecule has 26 heavy (non-hydrogen) atoms. The third kappa shape index (κ3) is 4.08. The average molecular weight is 352 g/mol. The molecule has 0 spiro atoms. The molecule has 0 atom stereocenters. The molecule has 2 aromatic rings. The lowest BCUT2D eigenvalue weighted by Crippen LogP contribution is -2.41. The molecule has 2 N–H and O–H groups in total. The van der Waals surface area contributed by atoms with Crippen LogP contribution in [-0.4, -0.2) is 40.9 Å². The van der Waals surface area contributed by atoms with Crippen molar-refractivity contribution in [3.63, 3.8) is 0 Å². The summed E-state index contributed by atoms with van der Waals surface area (Å²) in [6.07, 6.45) is 1.22. The van der Waals surface area contributed by atoms with E-state index in [1.807, 2.05) is 30.3 Å². The number of carboxylic acid groups (broad SMARTS) is 1. The first-order chi connectivity index (χ1) is 12.5. The summed E-state index contributed by atoms with van der Waals surface area (Å²) in [6.45, 7) is 1.01. The van der Waals surface area contributed by atoms with Gasteiger partial charge >= 0.3 is 5.97 Å². The fourth-order valence-electron chi connectivity index (χ4n) is 3.05. The molecule has 0 bridgehead atoms. The second-order valence-corrected chi connectivity index (χ2v) is 6.30. The Kier molecular flexibility index (Phi) is 5.31.